The van der Waals surface area contributed by atoms with Crippen molar-refractivity contribution >= 4 is 39.9 Å². The third kappa shape index (κ3) is 5.53. The molecule has 0 saturated carbocycles. The molecular weight excluding hydrogens is 438 g/mol. The number of benzene rings is 3. The molecule has 1 N–H and O–H groups in total. The van der Waals surface area contributed by atoms with Gasteiger partial charge in [-0.25, -0.2) is 0 Å². The van der Waals surface area contributed by atoms with Crippen LogP contribution in [0.5, 0.6) is 5.75 Å². The highest BCUT2D eigenvalue weighted by atomic mass is 32.2. The molecule has 0 aliphatic carbocycles. The molecule has 7 nitrogen and oxygen atoms in total. The van der Waals surface area contributed by atoms with Gasteiger partial charge in [0.05, 0.1) is 17.3 Å². The van der Waals surface area contributed by atoms with Crippen molar-refractivity contribution in [1.82, 2.24) is 4.57 Å². The average Bonchev–Trinajstić information content (AvgIpc) is 3.17. The summed E-state index contributed by atoms with van der Waals surface area (Å²) in [6.45, 7) is 3.10. The lowest BCUT2D eigenvalue weighted by Gasteiger charge is -2.07. The first kappa shape index (κ1) is 22.4. The van der Waals surface area contributed by atoms with Crippen LogP contribution in [-0.2, 0) is 11.3 Å². The topological polar surface area (TPSA) is 86.4 Å². The summed E-state index contributed by atoms with van der Waals surface area (Å²) in [5.41, 5.74) is 2.81. The molecule has 33 heavy (non-hydrogen) atoms. The summed E-state index contributed by atoms with van der Waals surface area (Å²) in [6.07, 6.45) is 2.03. The smallest absolute Gasteiger partial charge is 0.269 e. The van der Waals surface area contributed by atoms with E-state index in [0.29, 0.717) is 13.2 Å². The molecule has 0 spiro atoms. The molecule has 3 aromatic carbocycles. The largest absolute Gasteiger partial charge is 0.494 e. The maximum absolute atomic E-state index is 12.5. The number of nitro benzene ring substituents is 1. The Hall–Kier alpha value is -3.78. The Labute approximate surface area is 195 Å². The summed E-state index contributed by atoms with van der Waals surface area (Å²) in [7, 11) is 0. The third-order valence-corrected chi connectivity index (χ3v) is 6.10. The number of non-ortho nitro benzene ring substituents is 1. The van der Waals surface area contributed by atoms with Crippen LogP contribution < -0.4 is 10.1 Å². The predicted octanol–water partition coefficient (Wildman–Crippen LogP) is 5.73. The van der Waals surface area contributed by atoms with Crippen LogP contribution in [0.15, 0.2) is 83.9 Å². The van der Waals surface area contributed by atoms with Crippen molar-refractivity contribution in [2.24, 2.45) is 0 Å². The van der Waals surface area contributed by atoms with Crippen LogP contribution in [0.2, 0.25) is 0 Å². The molecule has 0 aliphatic heterocycles. The van der Waals surface area contributed by atoms with Gasteiger partial charge in [0, 0.05) is 46.4 Å². The lowest BCUT2D eigenvalue weighted by Crippen LogP contribution is -2.13. The van der Waals surface area contributed by atoms with Crippen molar-refractivity contribution in [2.45, 2.75) is 18.4 Å². The van der Waals surface area contributed by atoms with Crippen molar-refractivity contribution in [3.8, 4) is 5.75 Å². The van der Waals surface area contributed by atoms with E-state index in [-0.39, 0.29) is 17.3 Å². The van der Waals surface area contributed by atoms with Gasteiger partial charge in [-0.3, -0.25) is 14.9 Å². The molecule has 4 rings (SSSR count). The Kier molecular flexibility index (Phi) is 6.95. The highest BCUT2D eigenvalue weighted by molar-refractivity contribution is 8.00. The maximum atomic E-state index is 12.5. The zero-order valence-corrected chi connectivity index (χ0v) is 18.9. The van der Waals surface area contributed by atoms with E-state index in [0.717, 1.165) is 32.8 Å². The van der Waals surface area contributed by atoms with Crippen LogP contribution in [0.4, 0.5) is 11.4 Å². The number of carbonyl (C=O) groups excluding carboxylic acids is 1. The number of amides is 1. The summed E-state index contributed by atoms with van der Waals surface area (Å²) in [5.74, 6) is 0.959. The number of rotatable bonds is 9. The molecule has 1 heterocycles. The molecule has 4 aromatic rings. The third-order valence-electron chi connectivity index (χ3n) is 5.06. The summed E-state index contributed by atoms with van der Waals surface area (Å²) in [6, 6.07) is 21.9. The second-order valence-corrected chi connectivity index (χ2v) is 8.37. The number of ether oxygens (including phenoxy) is 1. The minimum Gasteiger partial charge on any atom is -0.494 e. The van der Waals surface area contributed by atoms with Gasteiger partial charge in [-0.15, -0.1) is 11.8 Å². The Morgan fingerprint density at radius 2 is 1.79 bits per heavy atom. The standard InChI is InChI=1S/C25H23N3O4S/c1-2-32-21-13-9-19(10-14-21)26-25(29)17-33-24-16-27(23-6-4-3-5-22(23)24)15-18-7-11-20(12-8-18)28(30)31/h3-14,16H,2,15,17H2,1H3,(H,26,29). The van der Waals surface area contributed by atoms with E-state index in [9.17, 15) is 14.9 Å². The fourth-order valence-corrected chi connectivity index (χ4v) is 4.41. The molecule has 1 aromatic heterocycles. The minimum atomic E-state index is -0.401. The number of aromatic nitrogens is 1. The second kappa shape index (κ2) is 10.2. The Morgan fingerprint density at radius 1 is 1.06 bits per heavy atom. The van der Waals surface area contributed by atoms with Crippen molar-refractivity contribution < 1.29 is 14.5 Å². The number of nitro groups is 1. The monoisotopic (exact) mass is 461 g/mol. The number of fused-ring (bicyclic) bond motifs is 1. The molecule has 0 fully saturated rings. The van der Waals surface area contributed by atoms with Crippen molar-refractivity contribution in [1.29, 1.82) is 0 Å². The first-order chi connectivity index (χ1) is 16.0. The van der Waals surface area contributed by atoms with E-state index in [1.165, 1.54) is 23.9 Å². The molecule has 0 unspecified atom stereocenters. The van der Waals surface area contributed by atoms with Crippen LogP contribution >= 0.6 is 11.8 Å². The summed E-state index contributed by atoms with van der Waals surface area (Å²) < 4.78 is 7.52. The first-order valence-electron chi connectivity index (χ1n) is 10.5. The fraction of sp³-hybridized carbons (Fsp3) is 0.160. The zero-order valence-electron chi connectivity index (χ0n) is 18.1. The van der Waals surface area contributed by atoms with Gasteiger partial charge in [0.2, 0.25) is 5.91 Å². The average molecular weight is 462 g/mol. The van der Waals surface area contributed by atoms with E-state index in [4.69, 9.17) is 4.74 Å². The maximum Gasteiger partial charge on any atom is 0.269 e. The molecule has 168 valence electrons. The van der Waals surface area contributed by atoms with Gasteiger partial charge in [0.1, 0.15) is 5.75 Å². The quantitative estimate of drug-likeness (QED) is 0.195. The number of para-hydroxylation sites is 1. The van der Waals surface area contributed by atoms with Crippen LogP contribution in [0.3, 0.4) is 0 Å². The van der Waals surface area contributed by atoms with Crippen molar-refractivity contribution in [2.75, 3.05) is 17.7 Å². The number of carbonyl (C=O) groups is 1. The number of anilines is 1. The van der Waals surface area contributed by atoms with Crippen molar-refractivity contribution in [3.05, 3.63) is 94.7 Å². The number of nitrogens with zero attached hydrogens (tertiary/aromatic N) is 2. The number of nitrogens with one attached hydrogen (secondary N) is 1. The van der Waals surface area contributed by atoms with Gasteiger partial charge in [-0.05, 0) is 42.8 Å². The van der Waals surface area contributed by atoms with Crippen LogP contribution in [-0.4, -0.2) is 27.8 Å². The highest BCUT2D eigenvalue weighted by Crippen LogP contribution is 2.31. The molecule has 0 saturated heterocycles. The Balaban J connectivity index is 1.44. The van der Waals surface area contributed by atoms with E-state index in [1.807, 2.05) is 61.7 Å². The Morgan fingerprint density at radius 3 is 2.48 bits per heavy atom. The second-order valence-electron chi connectivity index (χ2n) is 7.36. The number of thioether (sulfide) groups is 1. The molecular formula is C25H23N3O4S. The van der Waals surface area contributed by atoms with E-state index < -0.39 is 4.92 Å². The van der Waals surface area contributed by atoms with Crippen LogP contribution in [0.1, 0.15) is 12.5 Å². The molecule has 0 bridgehead atoms. The number of hydrogen-bond donors (Lipinski definition) is 1. The van der Waals surface area contributed by atoms with Gasteiger partial charge in [0.25, 0.3) is 5.69 Å². The van der Waals surface area contributed by atoms with E-state index in [1.54, 1.807) is 12.1 Å². The fourth-order valence-electron chi connectivity index (χ4n) is 3.52. The van der Waals surface area contributed by atoms with Gasteiger partial charge < -0.3 is 14.6 Å². The summed E-state index contributed by atoms with van der Waals surface area (Å²) in [4.78, 5) is 24.0. The normalized spacial score (nSPS) is 10.8. The lowest BCUT2D eigenvalue weighted by molar-refractivity contribution is -0.384. The SMILES string of the molecule is CCOc1ccc(NC(=O)CSc2cn(Cc3ccc([N+](=O)[O-])cc3)c3ccccc23)cc1. The Bertz CT molecular complexity index is 1270. The molecule has 8 heteroatoms. The molecule has 1 amide bonds. The van der Waals surface area contributed by atoms with E-state index >= 15 is 0 Å². The van der Waals surface area contributed by atoms with Crippen molar-refractivity contribution in [3.63, 3.8) is 0 Å². The number of hydrogen-bond acceptors (Lipinski definition) is 5. The first-order valence-corrected chi connectivity index (χ1v) is 11.5. The highest BCUT2D eigenvalue weighted by Gasteiger charge is 2.12. The lowest BCUT2D eigenvalue weighted by atomic mass is 10.2. The van der Waals surface area contributed by atoms with Crippen LogP contribution in [0, 0.1) is 10.1 Å². The van der Waals surface area contributed by atoms with Crippen LogP contribution in [0.25, 0.3) is 10.9 Å². The predicted molar refractivity (Wildman–Crippen MR) is 131 cm³/mol. The van der Waals surface area contributed by atoms with Gasteiger partial charge in [-0.2, -0.15) is 0 Å². The molecule has 0 radical (unpaired) electrons. The zero-order chi connectivity index (χ0) is 23.2. The minimum absolute atomic E-state index is 0.0749. The molecule has 0 atom stereocenters. The van der Waals surface area contributed by atoms with E-state index in [2.05, 4.69) is 9.88 Å². The van der Waals surface area contributed by atoms with Gasteiger partial charge in [-0.1, -0.05) is 30.3 Å². The van der Waals surface area contributed by atoms with Gasteiger partial charge >= 0.3 is 0 Å². The molecule has 0 aliphatic rings. The van der Waals surface area contributed by atoms with Gasteiger partial charge in [0.15, 0.2) is 0 Å². The summed E-state index contributed by atoms with van der Waals surface area (Å²) in [5, 5.41) is 14.9. The summed E-state index contributed by atoms with van der Waals surface area (Å²) >= 11 is 1.48.